The van der Waals surface area contributed by atoms with E-state index in [9.17, 15) is 18.0 Å². The number of ether oxygens (including phenoxy) is 1. The van der Waals surface area contributed by atoms with Crippen LogP contribution >= 0.6 is 0 Å². The Bertz CT molecular complexity index is 1180. The van der Waals surface area contributed by atoms with Crippen LogP contribution in [0.1, 0.15) is 16.1 Å². The topological polar surface area (TPSA) is 113 Å². The first-order valence-electron chi connectivity index (χ1n) is 7.52. The zero-order valence-electron chi connectivity index (χ0n) is 14.6. The van der Waals surface area contributed by atoms with Gasteiger partial charge in [0, 0.05) is 25.7 Å². The highest BCUT2D eigenvalue weighted by molar-refractivity contribution is 7.92. The van der Waals surface area contributed by atoms with Crippen molar-refractivity contribution < 1.29 is 22.4 Å². The highest BCUT2D eigenvalue weighted by Crippen LogP contribution is 2.24. The van der Waals surface area contributed by atoms with Crippen molar-refractivity contribution in [3.8, 4) is 0 Å². The van der Waals surface area contributed by atoms with Gasteiger partial charge in [-0.2, -0.15) is 8.42 Å². The molecule has 0 amide bonds. The number of sulfonamides is 1. The smallest absolute Gasteiger partial charge is 0.374 e. The van der Waals surface area contributed by atoms with Gasteiger partial charge in [0.05, 0.1) is 23.8 Å². The summed E-state index contributed by atoms with van der Waals surface area (Å²) in [6.45, 7) is 1.54. The van der Waals surface area contributed by atoms with E-state index < -0.39 is 21.1 Å². The van der Waals surface area contributed by atoms with Gasteiger partial charge in [0.1, 0.15) is 0 Å². The van der Waals surface area contributed by atoms with Crippen molar-refractivity contribution >= 4 is 32.7 Å². The zero-order valence-corrected chi connectivity index (χ0v) is 15.4. The second-order valence-corrected chi connectivity index (χ2v) is 7.39. The number of nitrogens with zero attached hydrogens (tertiary/aromatic N) is 2. The first-order valence-corrected chi connectivity index (χ1v) is 9.01. The molecule has 0 fully saturated rings. The molecule has 3 aromatic rings. The van der Waals surface area contributed by atoms with E-state index in [-0.39, 0.29) is 17.1 Å². The number of nitrogens with one attached hydrogen (secondary N) is 1. The molecule has 26 heavy (non-hydrogen) atoms. The van der Waals surface area contributed by atoms with E-state index in [2.05, 4.69) is 9.46 Å². The summed E-state index contributed by atoms with van der Waals surface area (Å²) in [5.41, 5.74) is 1.63. The number of esters is 1. The molecule has 10 heteroatoms. The standard InChI is InChI=1S/C16H17N3O6S/c1-9-7-13(25-14(9)15(20)24-4)26(22,23)17-10-5-6-11-12(8-10)19(3)16(21)18(11)2/h5-8,17H,1-4H3. The third-order valence-electron chi connectivity index (χ3n) is 4.06. The second-order valence-electron chi connectivity index (χ2n) is 5.78. The van der Waals surface area contributed by atoms with Crippen LogP contribution in [0.3, 0.4) is 0 Å². The van der Waals surface area contributed by atoms with Crippen LogP contribution in [-0.4, -0.2) is 30.6 Å². The summed E-state index contributed by atoms with van der Waals surface area (Å²) in [4.78, 5) is 23.6. The predicted octanol–water partition coefficient (Wildman–Crippen LogP) is 1.37. The summed E-state index contributed by atoms with van der Waals surface area (Å²) in [5.74, 6) is -0.932. The van der Waals surface area contributed by atoms with E-state index in [1.165, 1.54) is 28.4 Å². The number of hydrogen-bond donors (Lipinski definition) is 1. The number of aromatic nitrogens is 2. The van der Waals surface area contributed by atoms with E-state index in [0.717, 1.165) is 0 Å². The van der Waals surface area contributed by atoms with Crippen LogP contribution in [0.25, 0.3) is 11.0 Å². The van der Waals surface area contributed by atoms with Crippen LogP contribution in [0, 0.1) is 6.92 Å². The molecule has 0 aliphatic rings. The summed E-state index contributed by atoms with van der Waals surface area (Å²) < 4.78 is 40.1. The Morgan fingerprint density at radius 2 is 1.81 bits per heavy atom. The highest BCUT2D eigenvalue weighted by Gasteiger charge is 2.25. The van der Waals surface area contributed by atoms with Crippen LogP contribution < -0.4 is 10.4 Å². The van der Waals surface area contributed by atoms with Crippen molar-refractivity contribution in [3.05, 3.63) is 46.1 Å². The van der Waals surface area contributed by atoms with Crippen LogP contribution in [0.5, 0.6) is 0 Å². The molecule has 0 aliphatic carbocycles. The van der Waals surface area contributed by atoms with E-state index in [1.807, 2.05) is 0 Å². The Kier molecular flexibility index (Phi) is 4.15. The number of rotatable bonds is 4. The van der Waals surface area contributed by atoms with E-state index >= 15 is 0 Å². The van der Waals surface area contributed by atoms with Gasteiger partial charge in [-0.1, -0.05) is 0 Å². The molecule has 2 aromatic heterocycles. The number of benzene rings is 1. The number of hydrogen-bond acceptors (Lipinski definition) is 6. The van der Waals surface area contributed by atoms with Gasteiger partial charge in [-0.05, 0) is 25.1 Å². The number of anilines is 1. The quantitative estimate of drug-likeness (QED) is 0.685. The van der Waals surface area contributed by atoms with Crippen molar-refractivity contribution in [2.75, 3.05) is 11.8 Å². The van der Waals surface area contributed by atoms with Crippen LogP contribution in [0.4, 0.5) is 5.69 Å². The Hall–Kier alpha value is -3.01. The molecule has 0 atom stereocenters. The molecule has 2 heterocycles. The Balaban J connectivity index is 2.00. The fraction of sp³-hybridized carbons (Fsp3) is 0.250. The number of fused-ring (bicyclic) bond motifs is 1. The van der Waals surface area contributed by atoms with Crippen molar-refractivity contribution in [3.63, 3.8) is 0 Å². The molecule has 0 radical (unpaired) electrons. The average molecular weight is 379 g/mol. The third kappa shape index (κ3) is 2.77. The molecular weight excluding hydrogens is 362 g/mol. The minimum absolute atomic E-state index is 0.172. The Labute approximate surface area is 148 Å². The van der Waals surface area contributed by atoms with E-state index in [0.29, 0.717) is 16.6 Å². The molecule has 0 unspecified atom stereocenters. The van der Waals surface area contributed by atoms with Crippen molar-refractivity contribution in [1.82, 2.24) is 9.13 Å². The SMILES string of the molecule is COC(=O)c1oc(S(=O)(=O)Nc2ccc3c(c2)n(C)c(=O)n3C)cc1C. The normalized spacial score (nSPS) is 11.7. The fourth-order valence-electron chi connectivity index (χ4n) is 2.66. The molecule has 138 valence electrons. The average Bonchev–Trinajstić information content (AvgIpc) is 3.09. The van der Waals surface area contributed by atoms with Crippen LogP contribution in [0.15, 0.2) is 38.6 Å². The van der Waals surface area contributed by atoms with Gasteiger partial charge in [-0.25, -0.2) is 9.59 Å². The van der Waals surface area contributed by atoms with Crippen molar-refractivity contribution in [2.24, 2.45) is 14.1 Å². The second kappa shape index (κ2) is 6.06. The largest absolute Gasteiger partial charge is 0.463 e. The minimum Gasteiger partial charge on any atom is -0.463 e. The maximum Gasteiger partial charge on any atom is 0.374 e. The molecule has 3 rings (SSSR count). The van der Waals surface area contributed by atoms with Gasteiger partial charge in [-0.3, -0.25) is 13.9 Å². The molecule has 0 bridgehead atoms. The molecule has 1 aromatic carbocycles. The lowest BCUT2D eigenvalue weighted by molar-refractivity contribution is 0.0558. The molecule has 0 aliphatic heterocycles. The number of methoxy groups -OCH3 is 1. The van der Waals surface area contributed by atoms with Gasteiger partial charge in [0.25, 0.3) is 10.0 Å². The van der Waals surface area contributed by atoms with E-state index in [1.54, 1.807) is 33.2 Å². The van der Waals surface area contributed by atoms with Gasteiger partial charge >= 0.3 is 11.7 Å². The predicted molar refractivity (Wildman–Crippen MR) is 93.8 cm³/mol. The fourth-order valence-corrected chi connectivity index (χ4v) is 3.72. The first-order chi connectivity index (χ1) is 12.2. The number of furan rings is 1. The lowest BCUT2D eigenvalue weighted by atomic mass is 10.3. The number of carbonyl (C=O) groups is 1. The van der Waals surface area contributed by atoms with Gasteiger partial charge in [-0.15, -0.1) is 0 Å². The summed E-state index contributed by atoms with van der Waals surface area (Å²) >= 11 is 0. The van der Waals surface area contributed by atoms with Crippen molar-refractivity contribution in [2.45, 2.75) is 12.0 Å². The lowest BCUT2D eigenvalue weighted by Gasteiger charge is -2.06. The maximum atomic E-state index is 12.5. The van der Waals surface area contributed by atoms with Gasteiger partial charge in [0.15, 0.2) is 0 Å². The molecule has 0 saturated carbocycles. The molecule has 0 spiro atoms. The summed E-state index contributed by atoms with van der Waals surface area (Å²) in [5, 5.41) is -0.405. The zero-order chi connectivity index (χ0) is 19.2. The van der Waals surface area contributed by atoms with Crippen molar-refractivity contribution in [1.29, 1.82) is 0 Å². The highest BCUT2D eigenvalue weighted by atomic mass is 32.2. The van der Waals surface area contributed by atoms with Gasteiger partial charge < -0.3 is 9.15 Å². The monoisotopic (exact) mass is 379 g/mol. The Morgan fingerprint density at radius 1 is 1.15 bits per heavy atom. The molecular formula is C16H17N3O6S. The number of carbonyl (C=O) groups excluding carboxylic acids is 1. The third-order valence-corrected chi connectivity index (χ3v) is 5.29. The lowest BCUT2D eigenvalue weighted by Crippen LogP contribution is -2.19. The first kappa shape index (κ1) is 17.8. The van der Waals surface area contributed by atoms with Crippen LogP contribution in [-0.2, 0) is 28.9 Å². The number of aryl methyl sites for hydroxylation is 3. The summed E-state index contributed by atoms with van der Waals surface area (Å²) in [7, 11) is 0.349. The summed E-state index contributed by atoms with van der Waals surface area (Å²) in [6.07, 6.45) is 0. The maximum absolute atomic E-state index is 12.5. The summed E-state index contributed by atoms with van der Waals surface area (Å²) in [6, 6.07) is 5.97. The molecule has 1 N–H and O–H groups in total. The van der Waals surface area contributed by atoms with Gasteiger partial charge in [0.2, 0.25) is 10.9 Å². The number of imidazole rings is 1. The van der Waals surface area contributed by atoms with Crippen LogP contribution in [0.2, 0.25) is 0 Å². The van der Waals surface area contributed by atoms with E-state index in [4.69, 9.17) is 4.42 Å². The molecule has 0 saturated heterocycles. The molecule has 9 nitrogen and oxygen atoms in total. The Morgan fingerprint density at radius 3 is 2.46 bits per heavy atom. The minimum atomic E-state index is -4.06.